The van der Waals surface area contributed by atoms with Gasteiger partial charge in [-0.1, -0.05) is 42.4 Å². The standard InChI is InChI=1S/C18H23BO2/c1-17(2)18(3,4)21-19(20-17)13-12-15-10-7-9-14-8-5-6-11-16(14)15/h5-6,8,10-13H,7,9H2,1-4H3/b13-12+. The van der Waals surface area contributed by atoms with Crippen LogP contribution < -0.4 is 0 Å². The summed E-state index contributed by atoms with van der Waals surface area (Å²) in [6.45, 7) is 8.32. The Morgan fingerprint density at radius 3 is 2.43 bits per heavy atom. The summed E-state index contributed by atoms with van der Waals surface area (Å²) < 4.78 is 12.0. The number of rotatable bonds is 2. The fraction of sp³-hybridized carbons (Fsp3) is 0.444. The summed E-state index contributed by atoms with van der Waals surface area (Å²) in [6, 6.07) is 8.61. The lowest BCUT2D eigenvalue weighted by atomic mass is 9.85. The third-order valence-corrected chi connectivity index (χ3v) is 4.81. The van der Waals surface area contributed by atoms with Crippen LogP contribution in [-0.4, -0.2) is 18.3 Å². The van der Waals surface area contributed by atoms with Crippen LogP contribution in [-0.2, 0) is 15.7 Å². The van der Waals surface area contributed by atoms with Gasteiger partial charge in [0.15, 0.2) is 0 Å². The van der Waals surface area contributed by atoms with Crippen LogP contribution in [0.15, 0.2) is 42.4 Å². The number of aryl methyl sites for hydroxylation is 1. The van der Waals surface area contributed by atoms with Crippen molar-refractivity contribution in [3.63, 3.8) is 0 Å². The first-order chi connectivity index (χ1) is 9.89. The van der Waals surface area contributed by atoms with Gasteiger partial charge in [0, 0.05) is 0 Å². The number of fused-ring (bicyclic) bond motifs is 1. The molecule has 1 aromatic carbocycles. The van der Waals surface area contributed by atoms with Gasteiger partial charge in [0.1, 0.15) is 0 Å². The zero-order chi connectivity index (χ0) is 15.1. The molecule has 2 nitrogen and oxygen atoms in total. The van der Waals surface area contributed by atoms with Gasteiger partial charge in [-0.2, -0.15) is 0 Å². The summed E-state index contributed by atoms with van der Waals surface area (Å²) in [5.74, 6) is 2.03. The van der Waals surface area contributed by atoms with Crippen molar-refractivity contribution in [3.8, 4) is 0 Å². The molecule has 0 atom stereocenters. The average molecular weight is 282 g/mol. The molecule has 1 aromatic rings. The third kappa shape index (κ3) is 2.73. The molecular formula is C18H23BO2. The predicted molar refractivity (Wildman–Crippen MR) is 88.0 cm³/mol. The van der Waals surface area contributed by atoms with Crippen molar-refractivity contribution >= 4 is 12.7 Å². The molecule has 0 aromatic heterocycles. The minimum absolute atomic E-state index is 0.273. The molecule has 0 amide bonds. The summed E-state index contributed by atoms with van der Waals surface area (Å²) in [6.07, 6.45) is 6.66. The van der Waals surface area contributed by atoms with E-state index >= 15 is 0 Å². The molecule has 0 bridgehead atoms. The van der Waals surface area contributed by atoms with E-state index in [4.69, 9.17) is 9.31 Å². The maximum atomic E-state index is 6.01. The van der Waals surface area contributed by atoms with Gasteiger partial charge in [0.05, 0.1) is 11.2 Å². The molecule has 3 heteroatoms. The normalized spacial score (nSPS) is 23.2. The molecule has 0 radical (unpaired) electrons. The highest BCUT2D eigenvalue weighted by Gasteiger charge is 2.50. The van der Waals surface area contributed by atoms with E-state index in [1.165, 1.54) is 16.7 Å². The predicted octanol–water partition coefficient (Wildman–Crippen LogP) is 4.20. The lowest BCUT2D eigenvalue weighted by molar-refractivity contribution is 0.00578. The first-order valence-corrected chi connectivity index (χ1v) is 7.71. The quantitative estimate of drug-likeness (QED) is 0.757. The number of allylic oxidation sites excluding steroid dienone is 3. The Kier molecular flexibility index (Phi) is 3.58. The third-order valence-electron chi connectivity index (χ3n) is 4.81. The fourth-order valence-corrected chi connectivity index (χ4v) is 2.82. The van der Waals surface area contributed by atoms with Gasteiger partial charge in [0.2, 0.25) is 0 Å². The van der Waals surface area contributed by atoms with Crippen molar-refractivity contribution in [3.05, 3.63) is 53.5 Å². The molecule has 0 saturated carbocycles. The van der Waals surface area contributed by atoms with Gasteiger partial charge in [-0.05, 0) is 57.2 Å². The Morgan fingerprint density at radius 2 is 1.71 bits per heavy atom. The van der Waals surface area contributed by atoms with E-state index in [9.17, 15) is 0 Å². The van der Waals surface area contributed by atoms with Gasteiger partial charge in [-0.15, -0.1) is 0 Å². The monoisotopic (exact) mass is 282 g/mol. The molecule has 0 spiro atoms. The zero-order valence-corrected chi connectivity index (χ0v) is 13.3. The molecule has 0 unspecified atom stereocenters. The molecule has 1 fully saturated rings. The number of hydrogen-bond donors (Lipinski definition) is 0. The first kappa shape index (κ1) is 14.6. The second kappa shape index (κ2) is 5.15. The highest BCUT2D eigenvalue weighted by molar-refractivity contribution is 6.51. The molecule has 3 rings (SSSR count). The molecule has 2 aliphatic rings. The van der Waals surface area contributed by atoms with Crippen molar-refractivity contribution in [2.45, 2.75) is 51.7 Å². The molecular weight excluding hydrogens is 259 g/mol. The largest absolute Gasteiger partial charge is 0.487 e. The number of benzene rings is 1. The molecule has 1 heterocycles. The minimum atomic E-state index is -0.277. The van der Waals surface area contributed by atoms with Crippen molar-refractivity contribution < 1.29 is 9.31 Å². The Hall–Kier alpha value is -1.32. The van der Waals surface area contributed by atoms with Crippen LogP contribution in [0.1, 0.15) is 45.2 Å². The summed E-state index contributed by atoms with van der Waals surface area (Å²) in [5, 5.41) is 0. The van der Waals surface area contributed by atoms with Crippen LogP contribution in [0.5, 0.6) is 0 Å². The molecule has 1 saturated heterocycles. The summed E-state index contributed by atoms with van der Waals surface area (Å²) >= 11 is 0. The smallest absolute Gasteiger partial charge is 0.400 e. The van der Waals surface area contributed by atoms with Crippen molar-refractivity contribution in [2.24, 2.45) is 0 Å². The first-order valence-electron chi connectivity index (χ1n) is 7.71. The number of hydrogen-bond acceptors (Lipinski definition) is 2. The Labute approximate surface area is 128 Å². The summed E-state index contributed by atoms with van der Waals surface area (Å²) in [7, 11) is -0.273. The van der Waals surface area contributed by atoms with Crippen LogP contribution in [0.4, 0.5) is 0 Å². The maximum Gasteiger partial charge on any atom is 0.487 e. The van der Waals surface area contributed by atoms with E-state index in [1.54, 1.807) is 0 Å². The average Bonchev–Trinajstić information content (AvgIpc) is 2.64. The van der Waals surface area contributed by atoms with Gasteiger partial charge in [-0.3, -0.25) is 0 Å². The highest BCUT2D eigenvalue weighted by Crippen LogP contribution is 2.37. The Morgan fingerprint density at radius 1 is 1.05 bits per heavy atom. The fourth-order valence-electron chi connectivity index (χ4n) is 2.82. The molecule has 110 valence electrons. The van der Waals surface area contributed by atoms with Gasteiger partial charge in [-0.25, -0.2) is 0 Å². The van der Waals surface area contributed by atoms with E-state index in [0.717, 1.165) is 12.8 Å². The van der Waals surface area contributed by atoms with Gasteiger partial charge >= 0.3 is 7.12 Å². The maximum absolute atomic E-state index is 6.01. The van der Waals surface area contributed by atoms with Crippen LogP contribution >= 0.6 is 0 Å². The van der Waals surface area contributed by atoms with E-state index < -0.39 is 0 Å². The molecule has 1 aliphatic heterocycles. The van der Waals surface area contributed by atoms with Crippen molar-refractivity contribution in [1.29, 1.82) is 0 Å². The van der Waals surface area contributed by atoms with Crippen molar-refractivity contribution in [2.75, 3.05) is 0 Å². The van der Waals surface area contributed by atoms with Crippen molar-refractivity contribution in [1.82, 2.24) is 0 Å². The molecule has 1 aliphatic carbocycles. The van der Waals surface area contributed by atoms with E-state index in [-0.39, 0.29) is 18.3 Å². The molecule has 21 heavy (non-hydrogen) atoms. The second-order valence-corrected chi connectivity index (χ2v) is 6.84. The Balaban J connectivity index is 1.78. The van der Waals surface area contributed by atoms with Crippen LogP contribution in [0.3, 0.4) is 0 Å². The van der Waals surface area contributed by atoms with Gasteiger partial charge in [0.25, 0.3) is 0 Å². The molecule has 0 N–H and O–H groups in total. The van der Waals surface area contributed by atoms with E-state index in [0.29, 0.717) is 0 Å². The highest BCUT2D eigenvalue weighted by atomic mass is 16.7. The summed E-state index contributed by atoms with van der Waals surface area (Å²) in [5.41, 5.74) is 3.47. The topological polar surface area (TPSA) is 18.5 Å². The van der Waals surface area contributed by atoms with Crippen LogP contribution in [0, 0.1) is 0 Å². The van der Waals surface area contributed by atoms with Crippen LogP contribution in [0.2, 0.25) is 0 Å². The van der Waals surface area contributed by atoms with Crippen LogP contribution in [0.25, 0.3) is 5.57 Å². The second-order valence-electron chi connectivity index (χ2n) is 6.84. The lowest BCUT2D eigenvalue weighted by Gasteiger charge is -2.32. The minimum Gasteiger partial charge on any atom is -0.400 e. The van der Waals surface area contributed by atoms with E-state index in [1.807, 2.05) is 5.98 Å². The lowest BCUT2D eigenvalue weighted by Crippen LogP contribution is -2.41. The Bertz CT molecular complexity index is 583. The van der Waals surface area contributed by atoms with Gasteiger partial charge < -0.3 is 9.31 Å². The van der Waals surface area contributed by atoms with E-state index in [2.05, 4.69) is 64.1 Å². The zero-order valence-electron chi connectivity index (χ0n) is 13.3. The SMILES string of the molecule is CC1(C)OB(/C=C/C2=CCCc3ccccc32)OC1(C)C. The summed E-state index contributed by atoms with van der Waals surface area (Å²) in [4.78, 5) is 0.